The molecular formula is C17H13ClF3N3O3. The maximum absolute atomic E-state index is 12.9. The molecule has 0 aromatic heterocycles. The first-order valence-corrected chi connectivity index (χ1v) is 7.85. The second-order valence-corrected chi connectivity index (χ2v) is 5.67. The summed E-state index contributed by atoms with van der Waals surface area (Å²) in [7, 11) is 0. The van der Waals surface area contributed by atoms with Gasteiger partial charge < -0.3 is 16.0 Å². The van der Waals surface area contributed by atoms with Crippen LogP contribution < -0.4 is 16.0 Å². The fraction of sp³-hybridized carbons (Fsp3) is 0.118. The molecule has 2 aromatic rings. The monoisotopic (exact) mass is 399 g/mol. The van der Waals surface area contributed by atoms with Gasteiger partial charge in [0.25, 0.3) is 0 Å². The van der Waals surface area contributed by atoms with Gasteiger partial charge in [-0.05, 0) is 36.4 Å². The summed E-state index contributed by atoms with van der Waals surface area (Å²) < 4.78 is 38.6. The second-order valence-electron chi connectivity index (χ2n) is 5.24. The molecule has 10 heteroatoms. The Morgan fingerprint density at radius 2 is 1.52 bits per heavy atom. The van der Waals surface area contributed by atoms with Crippen LogP contribution >= 0.6 is 11.6 Å². The van der Waals surface area contributed by atoms with E-state index in [9.17, 15) is 27.6 Å². The van der Waals surface area contributed by atoms with Crippen LogP contribution in [0.15, 0.2) is 48.5 Å². The van der Waals surface area contributed by atoms with Gasteiger partial charge in [0.05, 0.1) is 17.8 Å². The van der Waals surface area contributed by atoms with Crippen LogP contribution in [0.2, 0.25) is 5.02 Å². The number of alkyl halides is 3. The molecule has 0 aliphatic carbocycles. The number of halogens is 4. The lowest BCUT2D eigenvalue weighted by atomic mass is 10.1. The van der Waals surface area contributed by atoms with E-state index < -0.39 is 41.7 Å². The van der Waals surface area contributed by atoms with E-state index >= 15 is 0 Å². The summed E-state index contributed by atoms with van der Waals surface area (Å²) in [4.78, 5) is 35.2. The molecule has 0 fully saturated rings. The fourth-order valence-electron chi connectivity index (χ4n) is 2.00. The van der Waals surface area contributed by atoms with Crippen LogP contribution in [0.4, 0.5) is 24.5 Å². The van der Waals surface area contributed by atoms with Gasteiger partial charge in [-0.2, -0.15) is 13.2 Å². The van der Waals surface area contributed by atoms with Crippen molar-refractivity contribution < 1.29 is 27.6 Å². The first-order chi connectivity index (χ1) is 12.7. The predicted octanol–water partition coefficient (Wildman–Crippen LogP) is 3.05. The average molecular weight is 400 g/mol. The van der Waals surface area contributed by atoms with Crippen molar-refractivity contribution in [2.75, 3.05) is 17.2 Å². The molecule has 0 spiro atoms. The first-order valence-electron chi connectivity index (χ1n) is 7.47. The molecule has 0 atom stereocenters. The molecule has 0 heterocycles. The summed E-state index contributed by atoms with van der Waals surface area (Å²) in [5, 5.41) is 6.79. The lowest BCUT2D eigenvalue weighted by Crippen LogP contribution is -2.40. The van der Waals surface area contributed by atoms with Gasteiger partial charge in [0.2, 0.25) is 5.91 Å². The number of carbonyl (C=O) groups excluding carboxylic acids is 3. The molecule has 0 bridgehead atoms. The Balaban J connectivity index is 1.89. The van der Waals surface area contributed by atoms with E-state index in [1.54, 1.807) is 0 Å². The molecule has 6 nitrogen and oxygen atoms in total. The fourth-order valence-corrected chi connectivity index (χ4v) is 2.12. The maximum Gasteiger partial charge on any atom is 0.418 e. The van der Waals surface area contributed by atoms with Crippen molar-refractivity contribution in [3.8, 4) is 0 Å². The first kappa shape index (κ1) is 20.2. The molecule has 0 saturated carbocycles. The van der Waals surface area contributed by atoms with Gasteiger partial charge in [0.1, 0.15) is 0 Å². The number of rotatable bonds is 4. The third-order valence-corrected chi connectivity index (χ3v) is 3.48. The highest BCUT2D eigenvalue weighted by molar-refractivity contribution is 6.40. The zero-order valence-electron chi connectivity index (χ0n) is 13.6. The Labute approximate surface area is 156 Å². The van der Waals surface area contributed by atoms with Crippen LogP contribution in [0, 0.1) is 0 Å². The average Bonchev–Trinajstić information content (AvgIpc) is 2.61. The Morgan fingerprint density at radius 1 is 0.889 bits per heavy atom. The van der Waals surface area contributed by atoms with Crippen molar-refractivity contribution in [1.82, 2.24) is 5.32 Å². The number of carbonyl (C=O) groups is 3. The molecule has 2 aromatic carbocycles. The summed E-state index contributed by atoms with van der Waals surface area (Å²) >= 11 is 5.69. The van der Waals surface area contributed by atoms with E-state index in [0.29, 0.717) is 10.7 Å². The van der Waals surface area contributed by atoms with Crippen LogP contribution in [0.1, 0.15) is 5.56 Å². The molecule has 0 aliphatic rings. The number of hydrogen-bond donors (Lipinski definition) is 3. The maximum atomic E-state index is 12.9. The van der Waals surface area contributed by atoms with Crippen LogP contribution in [0.25, 0.3) is 0 Å². The minimum absolute atomic E-state index is 0.308. The van der Waals surface area contributed by atoms with Crippen LogP contribution in [0.5, 0.6) is 0 Å². The highest BCUT2D eigenvalue weighted by Crippen LogP contribution is 2.34. The van der Waals surface area contributed by atoms with Gasteiger partial charge >= 0.3 is 18.0 Å². The standard InChI is InChI=1S/C17H13ClF3N3O3/c18-10-5-7-11(8-6-10)23-16(27)15(26)22-9-14(25)24-13-4-2-1-3-12(13)17(19,20)21/h1-8H,9H2,(H,22,26)(H,23,27)(H,24,25). The largest absolute Gasteiger partial charge is 0.418 e. The van der Waals surface area contributed by atoms with Crippen molar-refractivity contribution >= 4 is 40.7 Å². The van der Waals surface area contributed by atoms with Gasteiger partial charge in [0, 0.05) is 10.7 Å². The van der Waals surface area contributed by atoms with E-state index in [1.165, 1.54) is 36.4 Å². The van der Waals surface area contributed by atoms with E-state index in [1.807, 2.05) is 10.6 Å². The quantitative estimate of drug-likeness (QED) is 0.690. The van der Waals surface area contributed by atoms with E-state index in [-0.39, 0.29) is 0 Å². The number of hydrogen-bond acceptors (Lipinski definition) is 3. The molecule has 27 heavy (non-hydrogen) atoms. The molecule has 142 valence electrons. The third-order valence-electron chi connectivity index (χ3n) is 3.22. The van der Waals surface area contributed by atoms with E-state index in [0.717, 1.165) is 12.1 Å². The van der Waals surface area contributed by atoms with Gasteiger partial charge in [-0.15, -0.1) is 0 Å². The Bertz CT molecular complexity index is 854. The summed E-state index contributed by atoms with van der Waals surface area (Å²) in [6, 6.07) is 10.3. The molecule has 3 amide bonds. The molecular weight excluding hydrogens is 387 g/mol. The summed E-state index contributed by atoms with van der Waals surface area (Å²) in [6.07, 6.45) is -4.65. The minimum atomic E-state index is -4.65. The highest BCUT2D eigenvalue weighted by atomic mass is 35.5. The van der Waals surface area contributed by atoms with Gasteiger partial charge in [-0.3, -0.25) is 14.4 Å². The Morgan fingerprint density at radius 3 is 2.15 bits per heavy atom. The van der Waals surface area contributed by atoms with Gasteiger partial charge in [0.15, 0.2) is 0 Å². The molecule has 0 saturated heterocycles. The topological polar surface area (TPSA) is 87.3 Å². The van der Waals surface area contributed by atoms with E-state index in [4.69, 9.17) is 11.6 Å². The van der Waals surface area contributed by atoms with Crippen LogP contribution in [0.3, 0.4) is 0 Å². The lowest BCUT2D eigenvalue weighted by Gasteiger charge is -2.13. The zero-order valence-corrected chi connectivity index (χ0v) is 14.3. The summed E-state index contributed by atoms with van der Waals surface area (Å²) in [5.41, 5.74) is -1.16. The molecule has 3 N–H and O–H groups in total. The second kappa shape index (κ2) is 8.54. The SMILES string of the molecule is O=C(CNC(=O)C(=O)Nc1ccc(Cl)cc1)Nc1ccccc1C(F)(F)F. The smallest absolute Gasteiger partial charge is 0.339 e. The minimum Gasteiger partial charge on any atom is -0.339 e. The highest BCUT2D eigenvalue weighted by Gasteiger charge is 2.33. The zero-order chi connectivity index (χ0) is 20.0. The summed E-state index contributed by atoms with van der Waals surface area (Å²) in [5.74, 6) is -3.08. The predicted molar refractivity (Wildman–Crippen MR) is 93.2 cm³/mol. The van der Waals surface area contributed by atoms with Crippen molar-refractivity contribution in [3.05, 3.63) is 59.1 Å². The number of amides is 3. The number of benzene rings is 2. The Kier molecular flexibility index (Phi) is 6.40. The van der Waals surface area contributed by atoms with Crippen molar-refractivity contribution in [2.45, 2.75) is 6.18 Å². The number of anilines is 2. The third kappa shape index (κ3) is 6.00. The number of nitrogens with one attached hydrogen (secondary N) is 3. The molecule has 2 rings (SSSR count). The van der Waals surface area contributed by atoms with Gasteiger partial charge in [-0.1, -0.05) is 23.7 Å². The van der Waals surface area contributed by atoms with Gasteiger partial charge in [-0.25, -0.2) is 0 Å². The van der Waals surface area contributed by atoms with E-state index in [2.05, 4.69) is 5.32 Å². The Hall–Kier alpha value is -3.07. The van der Waals surface area contributed by atoms with Crippen LogP contribution in [-0.2, 0) is 20.6 Å². The molecule has 0 unspecified atom stereocenters. The van der Waals surface area contributed by atoms with Crippen molar-refractivity contribution in [3.63, 3.8) is 0 Å². The van der Waals surface area contributed by atoms with Crippen LogP contribution in [-0.4, -0.2) is 24.3 Å². The van der Waals surface area contributed by atoms with Crippen molar-refractivity contribution in [1.29, 1.82) is 0 Å². The number of para-hydroxylation sites is 1. The van der Waals surface area contributed by atoms with Crippen molar-refractivity contribution in [2.24, 2.45) is 0 Å². The lowest BCUT2D eigenvalue weighted by molar-refractivity contribution is -0.137. The summed E-state index contributed by atoms with van der Waals surface area (Å²) in [6.45, 7) is -0.681. The molecule has 0 radical (unpaired) electrons. The molecule has 0 aliphatic heterocycles. The normalized spacial score (nSPS) is 10.8.